The molecule has 1 N–H and O–H groups in total. The summed E-state index contributed by atoms with van der Waals surface area (Å²) in [7, 11) is 0. The number of nitro groups is 1. The van der Waals surface area contributed by atoms with Crippen molar-refractivity contribution < 1.29 is 4.92 Å². The van der Waals surface area contributed by atoms with E-state index in [0.29, 0.717) is 5.69 Å². The van der Waals surface area contributed by atoms with Gasteiger partial charge in [-0.25, -0.2) is 0 Å². The van der Waals surface area contributed by atoms with Crippen molar-refractivity contribution in [1.29, 1.82) is 0 Å². The Labute approximate surface area is 101 Å². The highest BCUT2D eigenvalue weighted by molar-refractivity contribution is 5.64. The number of para-hydroxylation sites is 2. The van der Waals surface area contributed by atoms with Crippen molar-refractivity contribution >= 4 is 17.6 Å². The van der Waals surface area contributed by atoms with Gasteiger partial charge in [0.1, 0.15) is 5.69 Å². The van der Waals surface area contributed by atoms with Gasteiger partial charge in [0.15, 0.2) is 0 Å². The number of nitro benzene ring substituents is 1. The van der Waals surface area contributed by atoms with Gasteiger partial charge in [-0.05, 0) is 18.9 Å². The van der Waals surface area contributed by atoms with Crippen LogP contribution < -0.4 is 5.43 Å². The number of anilines is 1. The third kappa shape index (κ3) is 4.63. The van der Waals surface area contributed by atoms with Crippen LogP contribution in [-0.2, 0) is 0 Å². The second-order valence-corrected chi connectivity index (χ2v) is 3.69. The third-order valence-electron chi connectivity index (χ3n) is 2.31. The first-order valence-corrected chi connectivity index (χ1v) is 5.76. The Hall–Kier alpha value is -1.91. The molecular weight excluding hydrogens is 218 g/mol. The number of hydrogen-bond acceptors (Lipinski definition) is 4. The third-order valence-corrected chi connectivity index (χ3v) is 2.31. The Kier molecular flexibility index (Phi) is 5.71. The highest BCUT2D eigenvalue weighted by atomic mass is 16.6. The quantitative estimate of drug-likeness (QED) is 0.340. The zero-order chi connectivity index (χ0) is 12.5. The molecule has 0 bridgehead atoms. The Morgan fingerprint density at radius 3 is 2.88 bits per heavy atom. The van der Waals surface area contributed by atoms with Gasteiger partial charge in [-0.3, -0.25) is 15.5 Å². The van der Waals surface area contributed by atoms with Crippen molar-refractivity contribution in [3.8, 4) is 0 Å². The van der Waals surface area contributed by atoms with Crippen LogP contribution >= 0.6 is 0 Å². The average Bonchev–Trinajstić information content (AvgIpc) is 2.34. The summed E-state index contributed by atoms with van der Waals surface area (Å²) in [4.78, 5) is 10.3. The van der Waals surface area contributed by atoms with E-state index in [-0.39, 0.29) is 5.69 Å². The summed E-state index contributed by atoms with van der Waals surface area (Å²) in [5.41, 5.74) is 3.16. The molecule has 1 rings (SSSR count). The van der Waals surface area contributed by atoms with E-state index in [1.54, 1.807) is 24.4 Å². The molecule has 0 aliphatic carbocycles. The highest BCUT2D eigenvalue weighted by Crippen LogP contribution is 2.22. The molecule has 1 aromatic carbocycles. The zero-order valence-corrected chi connectivity index (χ0v) is 9.93. The van der Waals surface area contributed by atoms with E-state index in [2.05, 4.69) is 17.5 Å². The lowest BCUT2D eigenvalue weighted by Crippen LogP contribution is -1.96. The van der Waals surface area contributed by atoms with Crippen molar-refractivity contribution in [1.82, 2.24) is 0 Å². The first-order chi connectivity index (χ1) is 8.25. The van der Waals surface area contributed by atoms with E-state index in [0.717, 1.165) is 12.8 Å². The molecule has 5 nitrogen and oxygen atoms in total. The smallest absolute Gasteiger partial charge is 0.272 e. The molecule has 0 aromatic heterocycles. The second kappa shape index (κ2) is 7.38. The largest absolute Gasteiger partial charge is 0.294 e. The van der Waals surface area contributed by atoms with Gasteiger partial charge in [-0.1, -0.05) is 31.9 Å². The van der Waals surface area contributed by atoms with Crippen LogP contribution in [0.3, 0.4) is 0 Å². The first-order valence-electron chi connectivity index (χ1n) is 5.76. The van der Waals surface area contributed by atoms with Crippen molar-refractivity contribution in [2.45, 2.75) is 32.6 Å². The number of nitrogens with zero attached hydrogens (tertiary/aromatic N) is 2. The minimum absolute atomic E-state index is 0.0400. The lowest BCUT2D eigenvalue weighted by atomic mass is 10.2. The summed E-state index contributed by atoms with van der Waals surface area (Å²) >= 11 is 0. The molecule has 5 heteroatoms. The maximum Gasteiger partial charge on any atom is 0.294 e. The van der Waals surface area contributed by atoms with Crippen LogP contribution in [0.1, 0.15) is 32.6 Å². The molecule has 0 radical (unpaired) electrons. The molecule has 0 amide bonds. The highest BCUT2D eigenvalue weighted by Gasteiger charge is 2.10. The van der Waals surface area contributed by atoms with Crippen molar-refractivity contribution in [2.24, 2.45) is 5.10 Å². The van der Waals surface area contributed by atoms with Gasteiger partial charge in [0, 0.05) is 12.3 Å². The van der Waals surface area contributed by atoms with Gasteiger partial charge in [0.2, 0.25) is 0 Å². The molecule has 1 aromatic rings. The molecule has 0 unspecified atom stereocenters. The van der Waals surface area contributed by atoms with Gasteiger partial charge in [-0.15, -0.1) is 0 Å². The Bertz CT molecular complexity index is 391. The SMILES string of the molecule is CCCCC/C=N/Nc1ccccc1[N+](=O)[O-]. The van der Waals surface area contributed by atoms with Gasteiger partial charge < -0.3 is 0 Å². The molecule has 0 fully saturated rings. The Morgan fingerprint density at radius 1 is 1.41 bits per heavy atom. The van der Waals surface area contributed by atoms with Gasteiger partial charge >= 0.3 is 0 Å². The summed E-state index contributed by atoms with van der Waals surface area (Å²) in [6.45, 7) is 2.14. The minimum atomic E-state index is -0.422. The Morgan fingerprint density at radius 2 is 2.18 bits per heavy atom. The van der Waals surface area contributed by atoms with Crippen LogP contribution in [0.2, 0.25) is 0 Å². The van der Waals surface area contributed by atoms with Gasteiger partial charge in [-0.2, -0.15) is 5.10 Å². The molecule has 0 atom stereocenters. The van der Waals surface area contributed by atoms with Crippen LogP contribution in [0.25, 0.3) is 0 Å². The number of nitrogens with one attached hydrogen (secondary N) is 1. The average molecular weight is 235 g/mol. The summed E-state index contributed by atoms with van der Waals surface area (Å²) in [6.07, 6.45) is 6.09. The lowest BCUT2D eigenvalue weighted by molar-refractivity contribution is -0.384. The number of hydrazone groups is 1. The molecule has 0 aliphatic rings. The molecule has 0 aliphatic heterocycles. The second-order valence-electron chi connectivity index (χ2n) is 3.69. The predicted octanol–water partition coefficient (Wildman–Crippen LogP) is 3.57. The van der Waals surface area contributed by atoms with Crippen LogP contribution in [0.4, 0.5) is 11.4 Å². The van der Waals surface area contributed by atoms with Crippen LogP contribution in [0.15, 0.2) is 29.4 Å². The predicted molar refractivity (Wildman–Crippen MR) is 69.4 cm³/mol. The van der Waals surface area contributed by atoms with Crippen LogP contribution in [-0.4, -0.2) is 11.1 Å². The molecule has 0 spiro atoms. The summed E-state index contributed by atoms with van der Waals surface area (Å²) in [5.74, 6) is 0. The standard InChI is InChI=1S/C12H17N3O2/c1-2-3-4-7-10-13-14-11-8-5-6-9-12(11)15(16)17/h5-6,8-10,14H,2-4,7H2,1H3/b13-10+. The summed E-state index contributed by atoms with van der Waals surface area (Å²) in [6, 6.07) is 6.46. The van der Waals surface area contributed by atoms with E-state index >= 15 is 0 Å². The van der Waals surface area contributed by atoms with E-state index < -0.39 is 4.92 Å². The van der Waals surface area contributed by atoms with Crippen molar-refractivity contribution in [3.05, 3.63) is 34.4 Å². The van der Waals surface area contributed by atoms with E-state index in [9.17, 15) is 10.1 Å². The monoisotopic (exact) mass is 235 g/mol. The first kappa shape index (κ1) is 13.2. The normalized spacial score (nSPS) is 10.6. The molecule has 0 saturated heterocycles. The fourth-order valence-corrected chi connectivity index (χ4v) is 1.39. The maximum absolute atomic E-state index is 10.7. The van der Waals surface area contributed by atoms with E-state index in [4.69, 9.17) is 0 Å². The zero-order valence-electron chi connectivity index (χ0n) is 9.93. The van der Waals surface area contributed by atoms with Crippen LogP contribution in [0.5, 0.6) is 0 Å². The van der Waals surface area contributed by atoms with Gasteiger partial charge in [0.25, 0.3) is 5.69 Å². The fourth-order valence-electron chi connectivity index (χ4n) is 1.39. The van der Waals surface area contributed by atoms with Crippen molar-refractivity contribution in [2.75, 3.05) is 5.43 Å². The van der Waals surface area contributed by atoms with E-state index in [1.807, 2.05) is 0 Å². The number of hydrogen-bond donors (Lipinski definition) is 1. The lowest BCUT2D eigenvalue weighted by Gasteiger charge is -2.00. The van der Waals surface area contributed by atoms with Gasteiger partial charge in [0.05, 0.1) is 4.92 Å². The number of rotatable bonds is 7. The summed E-state index contributed by atoms with van der Waals surface area (Å²) in [5, 5.41) is 14.7. The van der Waals surface area contributed by atoms with E-state index in [1.165, 1.54) is 18.9 Å². The molecule has 0 heterocycles. The topological polar surface area (TPSA) is 67.5 Å². The molecule has 0 saturated carbocycles. The minimum Gasteiger partial charge on any atom is -0.272 e. The van der Waals surface area contributed by atoms with Crippen molar-refractivity contribution in [3.63, 3.8) is 0 Å². The van der Waals surface area contributed by atoms with Crippen LogP contribution in [0, 0.1) is 10.1 Å². The molecule has 92 valence electrons. The molecular formula is C12H17N3O2. The number of unbranched alkanes of at least 4 members (excludes halogenated alkanes) is 3. The fraction of sp³-hybridized carbons (Fsp3) is 0.417. The summed E-state index contributed by atoms with van der Waals surface area (Å²) < 4.78 is 0. The maximum atomic E-state index is 10.7. The number of benzene rings is 1. The Balaban J connectivity index is 2.48. The molecule has 17 heavy (non-hydrogen) atoms.